The van der Waals surface area contributed by atoms with Crippen LogP contribution in [0.3, 0.4) is 0 Å². The lowest BCUT2D eigenvalue weighted by atomic mass is 10.1. The Labute approximate surface area is 185 Å². The first-order valence-electron chi connectivity index (χ1n) is 10.6. The second-order valence-corrected chi connectivity index (χ2v) is 11.4. The van der Waals surface area contributed by atoms with E-state index < -0.39 is 10.0 Å². The lowest BCUT2D eigenvalue weighted by Gasteiger charge is -2.35. The van der Waals surface area contributed by atoms with Crippen LogP contribution in [-0.2, 0) is 14.8 Å². The van der Waals surface area contributed by atoms with Crippen molar-refractivity contribution in [3.8, 4) is 0 Å². The van der Waals surface area contributed by atoms with Gasteiger partial charge in [0.15, 0.2) is 0 Å². The minimum absolute atomic E-state index is 0.0859. The van der Waals surface area contributed by atoms with Gasteiger partial charge in [0.2, 0.25) is 15.9 Å². The molecular weight excluding hydrogens is 424 g/mol. The number of rotatable bonds is 4. The molecule has 0 bridgehead atoms. The average molecular weight is 457 g/mol. The normalized spacial score (nSPS) is 20.9. The van der Waals surface area contributed by atoms with Crippen LogP contribution in [0.4, 0.5) is 0 Å². The van der Waals surface area contributed by atoms with Gasteiger partial charge in [-0.1, -0.05) is 11.6 Å². The molecule has 3 rings (SSSR count). The van der Waals surface area contributed by atoms with Crippen LogP contribution in [0.5, 0.6) is 0 Å². The maximum Gasteiger partial charge on any atom is 0.243 e. The van der Waals surface area contributed by atoms with Gasteiger partial charge in [-0.25, -0.2) is 8.42 Å². The van der Waals surface area contributed by atoms with E-state index in [9.17, 15) is 13.2 Å². The van der Waals surface area contributed by atoms with E-state index in [2.05, 4.69) is 30.6 Å². The van der Waals surface area contributed by atoms with Gasteiger partial charge in [0.1, 0.15) is 0 Å². The van der Waals surface area contributed by atoms with E-state index in [1.165, 1.54) is 16.4 Å². The van der Waals surface area contributed by atoms with Crippen LogP contribution < -0.4 is 0 Å². The molecule has 168 valence electrons. The van der Waals surface area contributed by atoms with E-state index in [1.807, 2.05) is 0 Å². The molecule has 0 unspecified atom stereocenters. The van der Waals surface area contributed by atoms with E-state index in [1.54, 1.807) is 17.0 Å². The molecule has 0 atom stereocenters. The molecule has 1 amide bonds. The molecule has 0 spiro atoms. The Hall–Kier alpha value is -1.19. The molecule has 7 nitrogen and oxygen atoms in total. The Morgan fingerprint density at radius 1 is 0.933 bits per heavy atom. The fourth-order valence-electron chi connectivity index (χ4n) is 4.02. The molecular formula is C21H33ClN4O3S. The second-order valence-electron chi connectivity index (χ2n) is 9.03. The Bertz CT molecular complexity index is 831. The topological polar surface area (TPSA) is 64.2 Å². The Morgan fingerprint density at radius 3 is 2.17 bits per heavy atom. The summed E-state index contributed by atoms with van der Waals surface area (Å²) >= 11 is 5.86. The molecule has 2 saturated heterocycles. The van der Waals surface area contributed by atoms with Crippen molar-refractivity contribution in [2.45, 2.75) is 37.6 Å². The largest absolute Gasteiger partial charge is 0.339 e. The van der Waals surface area contributed by atoms with Gasteiger partial charge >= 0.3 is 0 Å². The zero-order chi connectivity index (χ0) is 21.9. The van der Waals surface area contributed by atoms with Crippen LogP contribution in [-0.4, -0.2) is 97.8 Å². The Balaban J connectivity index is 1.51. The van der Waals surface area contributed by atoms with Gasteiger partial charge < -0.3 is 4.90 Å². The summed E-state index contributed by atoms with van der Waals surface area (Å²) in [5.74, 6) is 0.0859. The van der Waals surface area contributed by atoms with Crippen LogP contribution in [0.1, 0.15) is 27.2 Å². The molecule has 2 heterocycles. The van der Waals surface area contributed by atoms with E-state index >= 15 is 0 Å². The van der Waals surface area contributed by atoms with Crippen molar-refractivity contribution in [2.24, 2.45) is 0 Å². The number of piperazine rings is 1. The first kappa shape index (κ1) is 23.5. The van der Waals surface area contributed by atoms with Crippen LogP contribution in [0.2, 0.25) is 5.02 Å². The van der Waals surface area contributed by atoms with Gasteiger partial charge in [-0.3, -0.25) is 14.6 Å². The van der Waals surface area contributed by atoms with Crippen LogP contribution in [0, 0.1) is 0 Å². The van der Waals surface area contributed by atoms with E-state index in [-0.39, 0.29) is 16.3 Å². The van der Waals surface area contributed by atoms with Gasteiger partial charge in [-0.15, -0.1) is 0 Å². The molecule has 9 heteroatoms. The maximum atomic E-state index is 12.8. The lowest BCUT2D eigenvalue weighted by molar-refractivity contribution is -0.133. The molecule has 1 aromatic carbocycles. The molecule has 0 aromatic heterocycles. The fourth-order valence-corrected chi connectivity index (χ4v) is 5.57. The van der Waals surface area contributed by atoms with Crippen LogP contribution >= 0.6 is 11.6 Å². The van der Waals surface area contributed by atoms with Gasteiger partial charge in [-0.05, 0) is 64.5 Å². The van der Waals surface area contributed by atoms with Crippen LogP contribution in [0.15, 0.2) is 29.2 Å². The number of halogens is 1. The molecule has 0 aliphatic carbocycles. The quantitative estimate of drug-likeness (QED) is 0.693. The molecule has 30 heavy (non-hydrogen) atoms. The monoisotopic (exact) mass is 456 g/mol. The number of hydrogen-bond acceptors (Lipinski definition) is 5. The van der Waals surface area contributed by atoms with E-state index in [0.717, 1.165) is 32.6 Å². The first-order valence-corrected chi connectivity index (χ1v) is 12.4. The van der Waals surface area contributed by atoms with Crippen molar-refractivity contribution >= 4 is 27.5 Å². The molecule has 0 saturated carbocycles. The minimum Gasteiger partial charge on any atom is -0.339 e. The van der Waals surface area contributed by atoms with Crippen molar-refractivity contribution < 1.29 is 13.2 Å². The SMILES string of the molecule is CC(C)(C)N1CCCN(CC(=O)N2CCN(S(=O)(=O)c3ccc(Cl)cc3)CC2)CC1. The summed E-state index contributed by atoms with van der Waals surface area (Å²) in [6.45, 7) is 12.4. The number of nitrogens with zero attached hydrogens (tertiary/aromatic N) is 4. The summed E-state index contributed by atoms with van der Waals surface area (Å²) < 4.78 is 27.1. The molecule has 2 aliphatic heterocycles. The number of amides is 1. The van der Waals surface area contributed by atoms with Gasteiger partial charge in [-0.2, -0.15) is 4.31 Å². The zero-order valence-electron chi connectivity index (χ0n) is 18.2. The van der Waals surface area contributed by atoms with Crippen molar-refractivity contribution in [1.82, 2.24) is 19.0 Å². The molecule has 0 N–H and O–H groups in total. The number of hydrogen-bond donors (Lipinski definition) is 0. The van der Waals surface area contributed by atoms with E-state index in [0.29, 0.717) is 37.7 Å². The summed E-state index contributed by atoms with van der Waals surface area (Å²) in [6.07, 6.45) is 1.05. The van der Waals surface area contributed by atoms with Crippen molar-refractivity contribution in [3.63, 3.8) is 0 Å². The predicted octanol–water partition coefficient (Wildman–Crippen LogP) is 1.98. The summed E-state index contributed by atoms with van der Waals surface area (Å²) in [7, 11) is -3.56. The first-order chi connectivity index (χ1) is 14.1. The molecule has 0 radical (unpaired) electrons. The highest BCUT2D eigenvalue weighted by Crippen LogP contribution is 2.20. The fraction of sp³-hybridized carbons (Fsp3) is 0.667. The third-order valence-electron chi connectivity index (χ3n) is 5.94. The molecule has 2 aliphatic rings. The summed E-state index contributed by atoms with van der Waals surface area (Å²) in [5, 5.41) is 0.503. The number of sulfonamides is 1. The highest BCUT2D eigenvalue weighted by molar-refractivity contribution is 7.89. The van der Waals surface area contributed by atoms with Crippen molar-refractivity contribution in [3.05, 3.63) is 29.3 Å². The standard InChI is InChI=1S/C21H33ClN4O3S/c1-21(2,3)25-10-4-9-23(11-14-25)17-20(27)24-12-15-26(16-13-24)30(28,29)19-7-5-18(22)6-8-19/h5-8H,4,9-17H2,1-3H3. The third-order valence-corrected chi connectivity index (χ3v) is 8.10. The second kappa shape index (κ2) is 9.53. The maximum absolute atomic E-state index is 12.8. The van der Waals surface area contributed by atoms with Gasteiger partial charge in [0, 0.05) is 49.8 Å². The third kappa shape index (κ3) is 5.73. The Morgan fingerprint density at radius 2 is 1.57 bits per heavy atom. The van der Waals surface area contributed by atoms with E-state index in [4.69, 9.17) is 11.6 Å². The van der Waals surface area contributed by atoms with Crippen LogP contribution in [0.25, 0.3) is 0 Å². The smallest absolute Gasteiger partial charge is 0.243 e. The lowest BCUT2D eigenvalue weighted by Crippen LogP contribution is -2.52. The average Bonchev–Trinajstić information content (AvgIpc) is 2.94. The zero-order valence-corrected chi connectivity index (χ0v) is 19.8. The Kier molecular flexibility index (Phi) is 7.45. The summed E-state index contributed by atoms with van der Waals surface area (Å²) in [4.78, 5) is 19.5. The summed E-state index contributed by atoms with van der Waals surface area (Å²) in [5.41, 5.74) is 0.145. The minimum atomic E-state index is -3.56. The van der Waals surface area contributed by atoms with Crippen molar-refractivity contribution in [2.75, 3.05) is 58.9 Å². The molecule has 2 fully saturated rings. The van der Waals surface area contributed by atoms with Gasteiger partial charge in [0.25, 0.3) is 0 Å². The number of carbonyl (C=O) groups excluding carboxylic acids is 1. The molecule has 1 aromatic rings. The predicted molar refractivity (Wildman–Crippen MR) is 119 cm³/mol. The van der Waals surface area contributed by atoms with Gasteiger partial charge in [0.05, 0.1) is 11.4 Å². The highest BCUT2D eigenvalue weighted by atomic mass is 35.5. The number of carbonyl (C=O) groups is 1. The summed E-state index contributed by atoms with van der Waals surface area (Å²) in [6, 6.07) is 6.21. The van der Waals surface area contributed by atoms with Crippen molar-refractivity contribution in [1.29, 1.82) is 0 Å². The number of benzene rings is 1. The highest BCUT2D eigenvalue weighted by Gasteiger charge is 2.31.